The quantitative estimate of drug-likeness (QED) is 0.273. The standard InChI is InChI=1S/C32H35N5O4/c1-22-13-15-23(16-14-22)20-36(30(38)21-37-28-12-8-7-11-26(28)34-35-37)31(24-9-5-4-6-10-24)32(39)33-27-18-17-25(40-2)19-29(27)41-3/h4-5,7-8,11-19,24,31H,6,9-10,20-21H2,1-3H3,(H,33,39)/t24-,31-/m0/s1. The van der Waals surface area contributed by atoms with E-state index in [4.69, 9.17) is 9.47 Å². The van der Waals surface area contributed by atoms with Crippen LogP contribution in [0.15, 0.2) is 78.9 Å². The molecule has 212 valence electrons. The maximum atomic E-state index is 14.2. The van der Waals surface area contributed by atoms with Crippen LogP contribution in [0.5, 0.6) is 11.5 Å². The summed E-state index contributed by atoms with van der Waals surface area (Å²) in [4.78, 5) is 30.1. The van der Waals surface area contributed by atoms with Gasteiger partial charge in [0.2, 0.25) is 11.8 Å². The van der Waals surface area contributed by atoms with Crippen LogP contribution in [0, 0.1) is 12.8 Å². The molecule has 0 saturated carbocycles. The van der Waals surface area contributed by atoms with Crippen LogP contribution >= 0.6 is 0 Å². The Hall–Kier alpha value is -4.66. The largest absolute Gasteiger partial charge is 0.497 e. The van der Waals surface area contributed by atoms with Crippen LogP contribution in [-0.2, 0) is 22.7 Å². The van der Waals surface area contributed by atoms with E-state index in [0.29, 0.717) is 29.1 Å². The van der Waals surface area contributed by atoms with E-state index < -0.39 is 6.04 Å². The van der Waals surface area contributed by atoms with Crippen LogP contribution in [0.2, 0.25) is 0 Å². The predicted octanol–water partition coefficient (Wildman–Crippen LogP) is 5.15. The molecule has 2 amide bonds. The van der Waals surface area contributed by atoms with Gasteiger partial charge in [-0.1, -0.05) is 59.3 Å². The van der Waals surface area contributed by atoms with Crippen molar-refractivity contribution in [2.45, 2.75) is 45.3 Å². The summed E-state index contributed by atoms with van der Waals surface area (Å²) in [7, 11) is 3.12. The van der Waals surface area contributed by atoms with Crippen molar-refractivity contribution in [3.8, 4) is 11.5 Å². The summed E-state index contributed by atoms with van der Waals surface area (Å²) < 4.78 is 12.5. The number of aromatic nitrogens is 3. The third kappa shape index (κ3) is 6.40. The number of allylic oxidation sites excluding steroid dienone is 2. The number of nitrogens with zero attached hydrogens (tertiary/aromatic N) is 4. The molecule has 4 aromatic rings. The molecular formula is C32H35N5O4. The van der Waals surface area contributed by atoms with Crippen molar-refractivity contribution in [3.63, 3.8) is 0 Å². The van der Waals surface area contributed by atoms with Crippen molar-refractivity contribution < 1.29 is 19.1 Å². The number of hydrogen-bond acceptors (Lipinski definition) is 6. The van der Waals surface area contributed by atoms with E-state index in [2.05, 4.69) is 27.8 Å². The Morgan fingerprint density at radius 1 is 1.05 bits per heavy atom. The number of ether oxygens (including phenoxy) is 2. The first-order valence-corrected chi connectivity index (χ1v) is 13.8. The van der Waals surface area contributed by atoms with Crippen molar-refractivity contribution in [3.05, 3.63) is 90.0 Å². The summed E-state index contributed by atoms with van der Waals surface area (Å²) in [5.74, 6) is 0.553. The normalized spacial score (nSPS) is 15.3. The average molecular weight is 554 g/mol. The van der Waals surface area contributed by atoms with Crippen molar-refractivity contribution >= 4 is 28.5 Å². The molecule has 0 radical (unpaired) electrons. The van der Waals surface area contributed by atoms with E-state index in [0.717, 1.165) is 29.5 Å². The molecule has 0 unspecified atom stereocenters. The fraction of sp³-hybridized carbons (Fsp3) is 0.312. The smallest absolute Gasteiger partial charge is 0.247 e. The number of carbonyl (C=O) groups is 2. The zero-order chi connectivity index (χ0) is 28.8. The summed E-state index contributed by atoms with van der Waals surface area (Å²) in [6.07, 6.45) is 6.56. The molecule has 1 N–H and O–H groups in total. The Labute approximate surface area is 239 Å². The first-order valence-electron chi connectivity index (χ1n) is 13.8. The lowest BCUT2D eigenvalue weighted by Crippen LogP contribution is -2.52. The van der Waals surface area contributed by atoms with Crippen LogP contribution in [0.25, 0.3) is 11.0 Å². The van der Waals surface area contributed by atoms with Gasteiger partial charge in [0.05, 0.1) is 25.4 Å². The van der Waals surface area contributed by atoms with E-state index in [-0.39, 0.29) is 30.8 Å². The molecule has 1 aromatic heterocycles. The van der Waals surface area contributed by atoms with Gasteiger partial charge in [0.25, 0.3) is 0 Å². The van der Waals surface area contributed by atoms with Crippen molar-refractivity contribution in [2.24, 2.45) is 5.92 Å². The third-order valence-corrected chi connectivity index (χ3v) is 7.53. The monoisotopic (exact) mass is 553 g/mol. The van der Waals surface area contributed by atoms with Crippen molar-refractivity contribution in [1.29, 1.82) is 0 Å². The maximum absolute atomic E-state index is 14.2. The second kappa shape index (κ2) is 12.7. The predicted molar refractivity (Wildman–Crippen MR) is 158 cm³/mol. The number of aryl methyl sites for hydroxylation is 1. The molecule has 2 atom stereocenters. The second-order valence-electron chi connectivity index (χ2n) is 10.3. The average Bonchev–Trinajstić information content (AvgIpc) is 3.41. The minimum absolute atomic E-state index is 0.0371. The zero-order valence-corrected chi connectivity index (χ0v) is 23.6. The van der Waals surface area contributed by atoms with E-state index in [1.54, 1.807) is 42.0 Å². The molecule has 0 bridgehead atoms. The topological polar surface area (TPSA) is 98.6 Å². The van der Waals surface area contributed by atoms with E-state index in [9.17, 15) is 9.59 Å². The van der Waals surface area contributed by atoms with Gasteiger partial charge in [-0.15, -0.1) is 5.10 Å². The maximum Gasteiger partial charge on any atom is 0.247 e. The Morgan fingerprint density at radius 2 is 1.85 bits per heavy atom. The van der Waals surface area contributed by atoms with Crippen LogP contribution in [0.3, 0.4) is 0 Å². The molecule has 1 aliphatic carbocycles. The van der Waals surface area contributed by atoms with Gasteiger partial charge in [0.15, 0.2) is 0 Å². The van der Waals surface area contributed by atoms with E-state index in [1.165, 1.54) is 0 Å². The Bertz CT molecular complexity index is 1550. The second-order valence-corrected chi connectivity index (χ2v) is 10.3. The number of amides is 2. The number of nitrogens with one attached hydrogen (secondary N) is 1. The van der Waals surface area contributed by atoms with Gasteiger partial charge in [-0.2, -0.15) is 0 Å². The summed E-state index contributed by atoms with van der Waals surface area (Å²) in [6.45, 7) is 2.27. The molecule has 1 aliphatic rings. The van der Waals surface area contributed by atoms with Crippen LogP contribution < -0.4 is 14.8 Å². The van der Waals surface area contributed by atoms with Gasteiger partial charge in [-0.25, -0.2) is 4.68 Å². The lowest BCUT2D eigenvalue weighted by atomic mass is 9.85. The summed E-state index contributed by atoms with van der Waals surface area (Å²) in [5, 5.41) is 11.5. The Morgan fingerprint density at radius 3 is 2.59 bits per heavy atom. The number of benzene rings is 3. The lowest BCUT2D eigenvalue weighted by molar-refractivity contribution is -0.142. The number of hydrogen-bond donors (Lipinski definition) is 1. The highest BCUT2D eigenvalue weighted by Crippen LogP contribution is 2.32. The van der Waals surface area contributed by atoms with Crippen LogP contribution in [0.4, 0.5) is 5.69 Å². The Kier molecular flexibility index (Phi) is 8.62. The third-order valence-electron chi connectivity index (χ3n) is 7.53. The van der Waals surface area contributed by atoms with Gasteiger partial charge < -0.3 is 19.7 Å². The molecule has 9 nitrogen and oxygen atoms in total. The number of methoxy groups -OCH3 is 2. The molecule has 0 spiro atoms. The van der Waals surface area contributed by atoms with Crippen molar-refractivity contribution in [2.75, 3.05) is 19.5 Å². The van der Waals surface area contributed by atoms with Crippen LogP contribution in [0.1, 0.15) is 30.4 Å². The van der Waals surface area contributed by atoms with Gasteiger partial charge in [-0.3, -0.25) is 9.59 Å². The number of rotatable bonds is 10. The fourth-order valence-corrected chi connectivity index (χ4v) is 5.31. The molecule has 0 fully saturated rings. The molecule has 41 heavy (non-hydrogen) atoms. The van der Waals surface area contributed by atoms with Gasteiger partial charge in [0.1, 0.15) is 29.6 Å². The van der Waals surface area contributed by atoms with Gasteiger partial charge in [0, 0.05) is 12.6 Å². The highest BCUT2D eigenvalue weighted by Gasteiger charge is 2.37. The molecule has 9 heteroatoms. The SMILES string of the molecule is COc1ccc(NC(=O)[C@H]([C@H]2CC=CCC2)N(Cc2ccc(C)cc2)C(=O)Cn2nnc3ccccc32)c(OC)c1. The molecular weight excluding hydrogens is 518 g/mol. The fourth-order valence-electron chi connectivity index (χ4n) is 5.31. The first kappa shape index (κ1) is 27.9. The first-order chi connectivity index (χ1) is 20.0. The molecule has 0 saturated heterocycles. The number of para-hydroxylation sites is 1. The van der Waals surface area contributed by atoms with Crippen molar-refractivity contribution in [1.82, 2.24) is 19.9 Å². The molecule has 1 heterocycles. The zero-order valence-electron chi connectivity index (χ0n) is 23.6. The van der Waals surface area contributed by atoms with Gasteiger partial charge >= 0.3 is 0 Å². The van der Waals surface area contributed by atoms with Gasteiger partial charge in [-0.05, 0) is 61.9 Å². The minimum atomic E-state index is -0.727. The number of anilines is 1. The lowest BCUT2D eigenvalue weighted by Gasteiger charge is -2.37. The molecule has 0 aliphatic heterocycles. The summed E-state index contributed by atoms with van der Waals surface area (Å²) in [6, 6.07) is 20.1. The highest BCUT2D eigenvalue weighted by atomic mass is 16.5. The summed E-state index contributed by atoms with van der Waals surface area (Å²) in [5.41, 5.74) is 4.06. The molecule has 3 aromatic carbocycles. The Balaban J connectivity index is 1.51. The van der Waals surface area contributed by atoms with Crippen LogP contribution in [-0.4, -0.2) is 52.0 Å². The number of carbonyl (C=O) groups excluding carboxylic acids is 2. The molecule has 5 rings (SSSR count). The van der Waals surface area contributed by atoms with E-state index in [1.807, 2.05) is 55.5 Å². The minimum Gasteiger partial charge on any atom is -0.497 e. The summed E-state index contributed by atoms with van der Waals surface area (Å²) >= 11 is 0. The van der Waals surface area contributed by atoms with E-state index >= 15 is 0 Å². The highest BCUT2D eigenvalue weighted by molar-refractivity contribution is 5.98. The number of fused-ring (bicyclic) bond motifs is 1.